The minimum atomic E-state index is -3.97. The molecule has 184 valence electrons. The normalized spacial score (nSPS) is 15.5. The van der Waals surface area contributed by atoms with Crippen molar-refractivity contribution in [3.8, 4) is 23.0 Å². The van der Waals surface area contributed by atoms with Crippen LogP contribution in [0.5, 0.6) is 23.0 Å². The van der Waals surface area contributed by atoms with Gasteiger partial charge in [0.1, 0.15) is 11.5 Å². The fourth-order valence-corrected chi connectivity index (χ4v) is 5.83. The zero-order valence-electron chi connectivity index (χ0n) is 20.3. The monoisotopic (exact) mass is 496 g/mol. The zero-order chi connectivity index (χ0) is 25.2. The molecule has 0 saturated carbocycles. The number of hydrogen-bond donors (Lipinski definition) is 0. The average Bonchev–Trinajstić information content (AvgIpc) is 3.34. The van der Waals surface area contributed by atoms with Gasteiger partial charge in [-0.1, -0.05) is 24.3 Å². The summed E-state index contributed by atoms with van der Waals surface area (Å²) in [6.07, 6.45) is 0.337. The van der Waals surface area contributed by atoms with Gasteiger partial charge in [0.15, 0.2) is 11.5 Å². The van der Waals surface area contributed by atoms with E-state index < -0.39 is 16.1 Å². The molecule has 0 radical (unpaired) electrons. The Hall–Kier alpha value is -3.72. The molecule has 4 rings (SSSR count). The fraction of sp³-hybridized carbons (Fsp3) is 0.269. The molecule has 1 aliphatic rings. The molecular weight excluding hydrogens is 468 g/mol. The number of hydrogen-bond acceptors (Lipinski definition) is 7. The number of aryl methyl sites for hydroxylation is 1. The van der Waals surface area contributed by atoms with Gasteiger partial charge in [-0.3, -0.25) is 0 Å². The molecule has 3 aromatic carbocycles. The Morgan fingerprint density at radius 2 is 1.54 bits per heavy atom. The maximum atomic E-state index is 13.9. The van der Waals surface area contributed by atoms with E-state index in [-0.39, 0.29) is 4.90 Å². The van der Waals surface area contributed by atoms with Crippen LogP contribution in [-0.4, -0.2) is 47.0 Å². The molecule has 0 aliphatic carbocycles. The third-order valence-electron chi connectivity index (χ3n) is 6.00. The standard InChI is InChI=1S/C26H28N2O6S/c1-17-8-6-7-9-26(17)35(29,30)28-22(18-10-13-23(32-3)25(14-18)34-5)16-21(27-28)20-12-11-19(31-2)15-24(20)33-4/h6-15,22H,16H2,1-5H3. The predicted octanol–water partition coefficient (Wildman–Crippen LogP) is 4.57. The molecule has 0 N–H and O–H groups in total. The summed E-state index contributed by atoms with van der Waals surface area (Å²) in [5, 5.41) is 4.64. The average molecular weight is 497 g/mol. The Morgan fingerprint density at radius 1 is 0.829 bits per heavy atom. The Labute approximate surface area is 205 Å². The van der Waals surface area contributed by atoms with Crippen molar-refractivity contribution in [1.29, 1.82) is 0 Å². The molecule has 1 heterocycles. The van der Waals surface area contributed by atoms with Gasteiger partial charge in [0.2, 0.25) is 0 Å². The van der Waals surface area contributed by atoms with Crippen molar-refractivity contribution in [1.82, 2.24) is 4.41 Å². The molecule has 1 aliphatic heterocycles. The van der Waals surface area contributed by atoms with Crippen molar-refractivity contribution < 1.29 is 27.4 Å². The molecule has 0 bridgehead atoms. The van der Waals surface area contributed by atoms with Gasteiger partial charge in [-0.05, 0) is 48.4 Å². The van der Waals surface area contributed by atoms with E-state index in [9.17, 15) is 8.42 Å². The van der Waals surface area contributed by atoms with Gasteiger partial charge in [0, 0.05) is 18.1 Å². The van der Waals surface area contributed by atoms with E-state index in [0.29, 0.717) is 46.3 Å². The van der Waals surface area contributed by atoms with Gasteiger partial charge in [0.25, 0.3) is 10.0 Å². The van der Waals surface area contributed by atoms with E-state index in [2.05, 4.69) is 5.10 Å². The summed E-state index contributed by atoms with van der Waals surface area (Å²) in [6, 6.07) is 17.0. The van der Waals surface area contributed by atoms with Crippen LogP contribution < -0.4 is 18.9 Å². The largest absolute Gasteiger partial charge is 0.497 e. The maximum absolute atomic E-state index is 13.9. The second-order valence-electron chi connectivity index (χ2n) is 7.99. The molecular formula is C26H28N2O6S. The third kappa shape index (κ3) is 4.51. The van der Waals surface area contributed by atoms with E-state index in [4.69, 9.17) is 18.9 Å². The van der Waals surface area contributed by atoms with Gasteiger partial charge in [-0.15, -0.1) is 0 Å². The maximum Gasteiger partial charge on any atom is 0.279 e. The van der Waals surface area contributed by atoms with Crippen molar-refractivity contribution in [2.45, 2.75) is 24.3 Å². The molecule has 8 nitrogen and oxygen atoms in total. The van der Waals surface area contributed by atoms with E-state index in [1.807, 2.05) is 12.1 Å². The summed E-state index contributed by atoms with van der Waals surface area (Å²) >= 11 is 0. The lowest BCUT2D eigenvalue weighted by Crippen LogP contribution is -2.28. The number of ether oxygens (including phenoxy) is 4. The number of hydrazone groups is 1. The summed E-state index contributed by atoms with van der Waals surface area (Å²) in [5.74, 6) is 2.24. The van der Waals surface area contributed by atoms with Gasteiger partial charge < -0.3 is 18.9 Å². The van der Waals surface area contributed by atoms with Crippen LogP contribution in [0, 0.1) is 6.92 Å². The highest BCUT2D eigenvalue weighted by atomic mass is 32.2. The quantitative estimate of drug-likeness (QED) is 0.454. The lowest BCUT2D eigenvalue weighted by molar-refractivity contribution is 0.348. The first kappa shape index (κ1) is 24.4. The highest BCUT2D eigenvalue weighted by Crippen LogP contribution is 2.41. The van der Waals surface area contributed by atoms with Crippen LogP contribution in [0.25, 0.3) is 0 Å². The molecule has 0 spiro atoms. The minimum Gasteiger partial charge on any atom is -0.497 e. The third-order valence-corrected chi connectivity index (χ3v) is 7.84. The molecule has 35 heavy (non-hydrogen) atoms. The second kappa shape index (κ2) is 9.87. The SMILES string of the molecule is COc1ccc(C2=NN(S(=O)(=O)c3ccccc3C)C(c3ccc(OC)c(OC)c3)C2)c(OC)c1. The van der Waals surface area contributed by atoms with Crippen molar-refractivity contribution in [3.05, 3.63) is 77.4 Å². The van der Waals surface area contributed by atoms with E-state index in [0.717, 1.165) is 5.56 Å². The van der Waals surface area contributed by atoms with Gasteiger partial charge in [-0.2, -0.15) is 17.9 Å². The van der Waals surface area contributed by atoms with Gasteiger partial charge in [0.05, 0.1) is 45.1 Å². The van der Waals surface area contributed by atoms with E-state index >= 15 is 0 Å². The van der Waals surface area contributed by atoms with Crippen LogP contribution in [0.1, 0.15) is 29.2 Å². The number of rotatable bonds is 8. The lowest BCUT2D eigenvalue weighted by Gasteiger charge is -2.24. The Bertz CT molecular complexity index is 1370. The van der Waals surface area contributed by atoms with Gasteiger partial charge in [-0.25, -0.2) is 0 Å². The second-order valence-corrected chi connectivity index (χ2v) is 9.75. The summed E-state index contributed by atoms with van der Waals surface area (Å²) in [6.45, 7) is 1.77. The molecule has 1 unspecified atom stereocenters. The summed E-state index contributed by atoms with van der Waals surface area (Å²) in [7, 11) is 2.26. The first-order chi connectivity index (χ1) is 16.8. The molecule has 0 fully saturated rings. The smallest absolute Gasteiger partial charge is 0.279 e. The number of nitrogens with zero attached hydrogens (tertiary/aromatic N) is 2. The van der Waals surface area contributed by atoms with Gasteiger partial charge >= 0.3 is 0 Å². The first-order valence-electron chi connectivity index (χ1n) is 11.0. The molecule has 0 saturated heterocycles. The Morgan fingerprint density at radius 3 is 2.20 bits per heavy atom. The van der Waals surface area contributed by atoms with Crippen LogP contribution >= 0.6 is 0 Å². The van der Waals surface area contributed by atoms with E-state index in [1.54, 1.807) is 83.9 Å². The molecule has 3 aromatic rings. The van der Waals surface area contributed by atoms with E-state index in [1.165, 1.54) is 4.41 Å². The molecule has 0 amide bonds. The summed E-state index contributed by atoms with van der Waals surface area (Å²) < 4.78 is 50.6. The molecule has 1 atom stereocenters. The van der Waals surface area contributed by atoms with Crippen molar-refractivity contribution in [3.63, 3.8) is 0 Å². The van der Waals surface area contributed by atoms with Crippen molar-refractivity contribution >= 4 is 15.7 Å². The highest BCUT2D eigenvalue weighted by Gasteiger charge is 2.39. The topological polar surface area (TPSA) is 86.7 Å². The number of benzene rings is 3. The first-order valence-corrected chi connectivity index (χ1v) is 12.4. The van der Waals surface area contributed by atoms with Crippen LogP contribution in [0.2, 0.25) is 0 Å². The number of sulfonamides is 1. The molecule has 0 aromatic heterocycles. The van der Waals surface area contributed by atoms with Crippen LogP contribution in [-0.2, 0) is 10.0 Å². The predicted molar refractivity (Wildman–Crippen MR) is 133 cm³/mol. The fourth-order valence-electron chi connectivity index (χ4n) is 4.16. The molecule has 9 heteroatoms. The summed E-state index contributed by atoms with van der Waals surface area (Å²) in [4.78, 5) is 0.206. The van der Waals surface area contributed by atoms with Crippen LogP contribution in [0.4, 0.5) is 0 Å². The van der Waals surface area contributed by atoms with Crippen molar-refractivity contribution in [2.24, 2.45) is 5.10 Å². The van der Waals surface area contributed by atoms with Crippen molar-refractivity contribution in [2.75, 3.05) is 28.4 Å². The Balaban J connectivity index is 1.86. The minimum absolute atomic E-state index is 0.206. The zero-order valence-corrected chi connectivity index (χ0v) is 21.1. The Kier molecular flexibility index (Phi) is 6.88. The van der Waals surface area contributed by atoms with Crippen LogP contribution in [0.3, 0.4) is 0 Å². The number of methoxy groups -OCH3 is 4. The lowest BCUT2D eigenvalue weighted by atomic mass is 9.98. The van der Waals surface area contributed by atoms with Crippen LogP contribution in [0.15, 0.2) is 70.7 Å². The highest BCUT2D eigenvalue weighted by molar-refractivity contribution is 7.89. The summed E-state index contributed by atoms with van der Waals surface area (Å²) in [5.41, 5.74) is 2.65.